The highest BCUT2D eigenvalue weighted by Gasteiger charge is 2.52. The fourth-order valence-electron chi connectivity index (χ4n) is 10.1. The molecule has 1 atom stereocenters. The van der Waals surface area contributed by atoms with Crippen LogP contribution in [-0.2, 0) is 10.2 Å². The van der Waals surface area contributed by atoms with Crippen LogP contribution in [-0.4, -0.2) is 11.8 Å². The molecule has 0 saturated heterocycles. The van der Waals surface area contributed by atoms with E-state index >= 15 is 4.79 Å². The van der Waals surface area contributed by atoms with Crippen LogP contribution >= 0.6 is 0 Å². The minimum absolute atomic E-state index is 0.167. The van der Waals surface area contributed by atoms with Crippen molar-refractivity contribution in [2.24, 2.45) is 0 Å². The van der Waals surface area contributed by atoms with E-state index in [1.807, 2.05) is 42.5 Å². The number of hydrogen-bond donors (Lipinski definition) is 0. The predicted molar refractivity (Wildman–Crippen MR) is 229 cm³/mol. The number of anilines is 1. The van der Waals surface area contributed by atoms with Crippen LogP contribution in [0.1, 0.15) is 62.5 Å². The summed E-state index contributed by atoms with van der Waals surface area (Å²) < 4.78 is 0. The molecule has 1 unspecified atom stereocenters. The largest absolute Gasteiger partial charge is 0.274 e. The lowest BCUT2D eigenvalue weighted by Crippen LogP contribution is -2.39. The third-order valence-electron chi connectivity index (χ3n) is 12.5. The van der Waals surface area contributed by atoms with Crippen molar-refractivity contribution < 1.29 is 9.59 Å². The molecular weight excluding hydrogens is 695 g/mol. The summed E-state index contributed by atoms with van der Waals surface area (Å²) >= 11 is 0. The minimum Gasteiger partial charge on any atom is -0.274 e. The van der Waals surface area contributed by atoms with Crippen LogP contribution in [0, 0.1) is 0 Å². The number of carbonyl (C=O) groups excluding carboxylic acids is 2. The van der Waals surface area contributed by atoms with Crippen LogP contribution in [0.25, 0.3) is 44.5 Å². The van der Waals surface area contributed by atoms with Gasteiger partial charge in [-0.3, -0.25) is 9.59 Å². The molecule has 270 valence electrons. The lowest BCUT2D eigenvalue weighted by molar-refractivity contribution is -0.118. The zero-order chi connectivity index (χ0) is 38.1. The van der Waals surface area contributed by atoms with Crippen LogP contribution in [0.4, 0.5) is 5.69 Å². The van der Waals surface area contributed by atoms with Crippen molar-refractivity contribution in [2.75, 3.05) is 4.90 Å². The highest BCUT2D eigenvalue weighted by atomic mass is 16.2. The first kappa shape index (κ1) is 33.3. The Hall–Kier alpha value is -7.10. The van der Waals surface area contributed by atoms with Gasteiger partial charge in [0.15, 0.2) is 0 Å². The van der Waals surface area contributed by atoms with E-state index in [9.17, 15) is 4.79 Å². The number of nitrogens with zero attached hydrogens (tertiary/aromatic N) is 1. The monoisotopic (exact) mass is 731 g/mol. The third-order valence-corrected chi connectivity index (χ3v) is 12.5. The fraction of sp³-hybridized carbons (Fsp3) is 0.0741. The van der Waals surface area contributed by atoms with Crippen LogP contribution in [0.5, 0.6) is 0 Å². The molecule has 3 aliphatic rings. The van der Waals surface area contributed by atoms with Crippen LogP contribution in [0.3, 0.4) is 0 Å². The van der Waals surface area contributed by atoms with Gasteiger partial charge in [-0.05, 0) is 96.9 Å². The highest BCUT2D eigenvalue weighted by molar-refractivity contribution is 6.24. The summed E-state index contributed by atoms with van der Waals surface area (Å²) in [5.41, 5.74) is 16.2. The highest BCUT2D eigenvalue weighted by Crippen LogP contribution is 2.64. The van der Waals surface area contributed by atoms with E-state index < -0.39 is 5.41 Å². The first-order chi connectivity index (χ1) is 28.1. The molecule has 1 heterocycles. The van der Waals surface area contributed by atoms with Crippen molar-refractivity contribution >= 4 is 17.5 Å². The molecule has 0 bridgehead atoms. The zero-order valence-electron chi connectivity index (χ0n) is 31.2. The van der Waals surface area contributed by atoms with E-state index in [0.717, 1.165) is 50.1 Å². The van der Waals surface area contributed by atoms with Crippen molar-refractivity contribution in [1.29, 1.82) is 0 Å². The second kappa shape index (κ2) is 13.0. The molecular formula is C54H37NO2. The van der Waals surface area contributed by atoms with Crippen molar-refractivity contribution in [3.8, 4) is 44.5 Å². The predicted octanol–water partition coefficient (Wildman–Crippen LogP) is 12.5. The van der Waals surface area contributed by atoms with Crippen molar-refractivity contribution in [3.05, 3.63) is 233 Å². The van der Waals surface area contributed by atoms with Crippen LogP contribution < -0.4 is 4.90 Å². The molecule has 3 nitrogen and oxygen atoms in total. The van der Waals surface area contributed by atoms with Crippen LogP contribution in [0.15, 0.2) is 194 Å². The van der Waals surface area contributed by atoms with Gasteiger partial charge in [0.25, 0.3) is 5.91 Å². The number of rotatable bonds is 4. The smallest absolute Gasteiger partial charge is 0.265 e. The quantitative estimate of drug-likeness (QED) is 0.169. The maximum absolute atomic E-state index is 15.3. The van der Waals surface area contributed by atoms with Gasteiger partial charge < -0.3 is 0 Å². The fourth-order valence-corrected chi connectivity index (χ4v) is 10.1. The number of amides is 2. The van der Waals surface area contributed by atoms with E-state index in [2.05, 4.69) is 152 Å². The second-order valence-corrected chi connectivity index (χ2v) is 15.4. The third kappa shape index (κ3) is 4.92. The number of fused-ring (bicyclic) bond motifs is 11. The van der Waals surface area contributed by atoms with Gasteiger partial charge in [0.2, 0.25) is 5.91 Å². The first-order valence-electron chi connectivity index (χ1n) is 19.8. The molecule has 3 heteroatoms. The molecule has 11 rings (SSSR count). The minimum atomic E-state index is -0.576. The molecule has 0 fully saturated rings. The molecule has 0 aromatic heterocycles. The molecule has 0 radical (unpaired) electrons. The molecule has 8 aromatic rings. The Bertz CT molecular complexity index is 2810. The standard InChI is InChI=1S/C54H37NO2/c56-51-31-30-40(39-33-37(35-16-3-1-4-17-35)32-38(34-39)36-18-5-2-6-19-36)41-20-7-8-23-44(41)53(57)55(51)50-29-15-28-49-52(50)45-24-11-14-27-48(45)54(49)46-25-12-9-21-42(46)43-22-10-13-26-47(43)54/h1-29,32-34,40H,30-31H2. The Kier molecular flexibility index (Phi) is 7.58. The first-order valence-corrected chi connectivity index (χ1v) is 19.8. The van der Waals surface area contributed by atoms with Gasteiger partial charge in [-0.25, -0.2) is 4.90 Å². The van der Waals surface area contributed by atoms with E-state index in [4.69, 9.17) is 0 Å². The Morgan fingerprint density at radius 3 is 1.54 bits per heavy atom. The van der Waals surface area contributed by atoms with Gasteiger partial charge in [0, 0.05) is 23.5 Å². The summed E-state index contributed by atoms with van der Waals surface area (Å²) in [4.78, 5) is 31.6. The number of imide groups is 1. The summed E-state index contributed by atoms with van der Waals surface area (Å²) in [6.45, 7) is 0. The molecule has 0 saturated carbocycles. The number of hydrogen-bond acceptors (Lipinski definition) is 2. The molecule has 0 N–H and O–H groups in total. The zero-order valence-corrected chi connectivity index (χ0v) is 31.2. The van der Waals surface area contributed by atoms with Crippen molar-refractivity contribution in [1.82, 2.24) is 0 Å². The Labute approximate surface area is 332 Å². The maximum atomic E-state index is 15.3. The summed E-state index contributed by atoms with van der Waals surface area (Å²) in [5, 5.41) is 0. The maximum Gasteiger partial charge on any atom is 0.265 e. The van der Waals surface area contributed by atoms with Gasteiger partial charge in [0.05, 0.1) is 11.1 Å². The van der Waals surface area contributed by atoms with Gasteiger partial charge >= 0.3 is 0 Å². The average molecular weight is 732 g/mol. The van der Waals surface area contributed by atoms with E-state index in [-0.39, 0.29) is 24.2 Å². The lowest BCUT2D eigenvalue weighted by Gasteiger charge is -2.32. The van der Waals surface area contributed by atoms with Crippen molar-refractivity contribution in [3.63, 3.8) is 0 Å². The topological polar surface area (TPSA) is 37.4 Å². The SMILES string of the molecule is O=C1CCC(c2cc(-c3ccccc3)cc(-c3ccccc3)c2)c2ccccc2C(=O)N1c1cccc2c1-c1ccccc1C21c2ccccc2-c2ccccc21. The van der Waals surface area contributed by atoms with Gasteiger partial charge in [-0.2, -0.15) is 0 Å². The molecule has 1 aliphatic heterocycles. The second-order valence-electron chi connectivity index (χ2n) is 15.4. The Balaban J connectivity index is 1.08. The van der Waals surface area contributed by atoms with Crippen LogP contribution in [0.2, 0.25) is 0 Å². The van der Waals surface area contributed by atoms with Crippen molar-refractivity contribution in [2.45, 2.75) is 24.2 Å². The van der Waals surface area contributed by atoms with Gasteiger partial charge in [-0.15, -0.1) is 0 Å². The summed E-state index contributed by atoms with van der Waals surface area (Å²) in [7, 11) is 0. The Morgan fingerprint density at radius 2 is 0.930 bits per heavy atom. The molecule has 1 spiro atoms. The summed E-state index contributed by atoms with van der Waals surface area (Å²) in [5.74, 6) is -0.651. The van der Waals surface area contributed by atoms with E-state index in [1.165, 1.54) is 32.7 Å². The lowest BCUT2D eigenvalue weighted by atomic mass is 9.70. The average Bonchev–Trinajstić information content (AvgIpc) is 3.75. The van der Waals surface area contributed by atoms with Gasteiger partial charge in [0.1, 0.15) is 0 Å². The Morgan fingerprint density at radius 1 is 0.439 bits per heavy atom. The molecule has 57 heavy (non-hydrogen) atoms. The number of carbonyl (C=O) groups is 2. The summed E-state index contributed by atoms with van der Waals surface area (Å²) in [6.07, 6.45) is 0.769. The molecule has 8 aromatic carbocycles. The van der Waals surface area contributed by atoms with Gasteiger partial charge in [-0.1, -0.05) is 176 Å². The normalized spacial score (nSPS) is 15.9. The van der Waals surface area contributed by atoms with E-state index in [1.54, 1.807) is 0 Å². The summed E-state index contributed by atoms with van der Waals surface area (Å²) in [6, 6.07) is 67.6. The van der Waals surface area contributed by atoms with E-state index in [0.29, 0.717) is 17.7 Å². The molecule has 2 aliphatic carbocycles. The number of benzene rings is 8. The molecule has 2 amide bonds.